The zero-order valence-electron chi connectivity index (χ0n) is 16.2. The van der Waals surface area contributed by atoms with Crippen LogP contribution in [0.15, 0.2) is 4.99 Å². The number of likely N-dealkylation sites (N-methyl/N-ethyl adjacent to an activating group) is 1. The maximum absolute atomic E-state index is 12.0. The van der Waals surface area contributed by atoms with Crippen molar-refractivity contribution in [2.45, 2.75) is 51.4 Å². The molecule has 0 atom stereocenters. The van der Waals surface area contributed by atoms with Crippen LogP contribution in [0.25, 0.3) is 0 Å². The molecule has 8 heteroatoms. The van der Waals surface area contributed by atoms with Crippen LogP contribution in [0.4, 0.5) is 4.79 Å². The van der Waals surface area contributed by atoms with Gasteiger partial charge in [0.1, 0.15) is 0 Å². The lowest BCUT2D eigenvalue weighted by molar-refractivity contribution is -0.118. The largest absolute Gasteiger partial charge is 0.463 e. The highest BCUT2D eigenvalue weighted by Gasteiger charge is 2.21. The minimum absolute atomic E-state index is 0.000933. The van der Waals surface area contributed by atoms with Crippen LogP contribution in [-0.2, 0) is 9.53 Å². The number of guanidine groups is 1. The van der Waals surface area contributed by atoms with Gasteiger partial charge in [-0.15, -0.1) is 5.06 Å². The number of aliphatic imine (C=N–C) groups is 1. The van der Waals surface area contributed by atoms with Gasteiger partial charge in [-0.3, -0.25) is 10.0 Å². The molecule has 0 aromatic rings. The third kappa shape index (κ3) is 7.94. The van der Waals surface area contributed by atoms with Gasteiger partial charge in [-0.25, -0.2) is 4.79 Å². The first kappa shape index (κ1) is 14.9. The number of rotatable bonds is 0. The first-order valence-electron chi connectivity index (χ1n) is 9.42. The number of hydrogen-bond acceptors (Lipinski definition) is 5. The molecule has 0 radical (unpaired) electrons. The molecule has 1 rings (SSSR count). The summed E-state index contributed by atoms with van der Waals surface area (Å²) >= 11 is 0. The number of carboxylic acid groups (broad SMARTS) is 1. The lowest BCUT2D eigenvalue weighted by Crippen LogP contribution is -2.45. The maximum atomic E-state index is 12.0. The molecule has 0 saturated heterocycles. The molecule has 0 spiro atoms. The van der Waals surface area contributed by atoms with E-state index in [4.69, 9.17) is 14.0 Å². The summed E-state index contributed by atoms with van der Waals surface area (Å²) in [5, 5.41) is 18.4. The van der Waals surface area contributed by atoms with E-state index in [0.29, 0.717) is 17.9 Å². The molecule has 2 N–H and O–H groups in total. The summed E-state index contributed by atoms with van der Waals surface area (Å²) in [6.07, 6.45) is 4.63. The minimum atomic E-state index is -2.80. The number of hydroxylamine groups is 2. The third-order valence-electron chi connectivity index (χ3n) is 3.48. The van der Waals surface area contributed by atoms with Gasteiger partial charge < -0.3 is 14.7 Å². The predicted octanol–water partition coefficient (Wildman–Crippen LogP) is 2.32. The Bertz CT molecular complexity index is 499. The molecule has 132 valence electrons. The molecule has 0 aromatic heterocycles. The number of ether oxygens (including phenoxy) is 1. The average Bonchev–Trinajstić information content (AvgIpc) is 2.54. The van der Waals surface area contributed by atoms with E-state index >= 15 is 0 Å². The molecule has 0 aliphatic carbocycles. The lowest BCUT2D eigenvalue weighted by atomic mass is 10.1. The van der Waals surface area contributed by atoms with Gasteiger partial charge in [-0.05, 0) is 12.8 Å². The molecule has 8 nitrogen and oxygen atoms in total. The van der Waals surface area contributed by atoms with Gasteiger partial charge in [0.2, 0.25) is 11.9 Å². The average molecular weight is 332 g/mol. The lowest BCUT2D eigenvalue weighted by Gasteiger charge is -2.24. The van der Waals surface area contributed by atoms with Crippen molar-refractivity contribution >= 4 is 18.0 Å². The molecule has 0 fully saturated rings. The molecule has 1 heterocycles. The molecule has 0 unspecified atom stereocenters. The Morgan fingerprint density at radius 3 is 2.52 bits per heavy atom. The Morgan fingerprint density at radius 2 is 1.87 bits per heavy atom. The van der Waals surface area contributed by atoms with Crippen LogP contribution in [0.1, 0.15) is 55.5 Å². The van der Waals surface area contributed by atoms with Crippen molar-refractivity contribution in [2.75, 3.05) is 26.7 Å². The van der Waals surface area contributed by atoms with Crippen LogP contribution in [0.2, 0.25) is 0 Å². The van der Waals surface area contributed by atoms with Gasteiger partial charge in [-0.1, -0.05) is 32.1 Å². The first-order chi connectivity index (χ1) is 12.2. The highest BCUT2D eigenvalue weighted by Crippen LogP contribution is 2.10. The molecule has 0 bridgehead atoms. The fourth-order valence-electron chi connectivity index (χ4n) is 2.20. The Hall–Kier alpha value is -1.67. The van der Waals surface area contributed by atoms with Crippen LogP contribution in [-0.4, -0.2) is 65.0 Å². The summed E-state index contributed by atoms with van der Waals surface area (Å²) in [7, 11) is 0. The van der Waals surface area contributed by atoms with Crippen molar-refractivity contribution in [3.63, 3.8) is 0 Å². The Balaban J connectivity index is 3.03. The monoisotopic (exact) mass is 332 g/mol. The van der Waals surface area contributed by atoms with Crippen molar-refractivity contribution in [3.8, 4) is 0 Å². The van der Waals surface area contributed by atoms with E-state index in [2.05, 4.69) is 4.99 Å². The van der Waals surface area contributed by atoms with E-state index in [-0.39, 0.29) is 24.6 Å². The van der Waals surface area contributed by atoms with E-state index in [9.17, 15) is 14.8 Å². The summed E-state index contributed by atoms with van der Waals surface area (Å²) < 4.78 is 28.1. The maximum Gasteiger partial charge on any atom is 0.438 e. The Morgan fingerprint density at radius 1 is 1.22 bits per heavy atom. The van der Waals surface area contributed by atoms with Gasteiger partial charge in [-0.2, -0.15) is 4.99 Å². The number of nitrogens with zero attached hydrogens (tertiary/aromatic N) is 3. The predicted molar refractivity (Wildman–Crippen MR) is 84.5 cm³/mol. The van der Waals surface area contributed by atoms with Crippen LogP contribution in [0, 0.1) is 0 Å². The number of carbonyl (C=O) groups is 2. The normalized spacial score (nSPS) is 22.5. The second kappa shape index (κ2) is 11.0. The number of carbonyl (C=O) groups excluding carboxylic acids is 1. The zero-order valence-corrected chi connectivity index (χ0v) is 13.2. The van der Waals surface area contributed by atoms with E-state index in [1.165, 1.54) is 0 Å². The molecular formula is C15H27N3O5. The molecule has 1 aliphatic rings. The molecule has 1 aliphatic heterocycles. The van der Waals surface area contributed by atoms with Crippen LogP contribution in [0.5, 0.6) is 0 Å². The Labute approximate surface area is 140 Å². The summed E-state index contributed by atoms with van der Waals surface area (Å²) in [6.45, 7) is -2.58. The standard InChI is InChI=1S/C15H27N3O5/c1-17-10-12-23-11-8-6-4-2-3-5-7-9-13(19)16-14(17)18(22)15(20)21/h22H,2-12H2,1H3,(H,20,21)/i1D3. The van der Waals surface area contributed by atoms with Crippen molar-refractivity contribution < 1.29 is 28.8 Å². The van der Waals surface area contributed by atoms with Crippen molar-refractivity contribution in [3.05, 3.63) is 0 Å². The second-order valence-corrected chi connectivity index (χ2v) is 5.39. The van der Waals surface area contributed by atoms with Gasteiger partial charge in [0, 0.05) is 30.7 Å². The van der Waals surface area contributed by atoms with Gasteiger partial charge >= 0.3 is 6.09 Å². The fourth-order valence-corrected chi connectivity index (χ4v) is 2.20. The zero-order chi connectivity index (χ0) is 19.6. The molecule has 0 saturated carbocycles. The molecular weight excluding hydrogens is 302 g/mol. The van der Waals surface area contributed by atoms with E-state index in [1.807, 2.05) is 0 Å². The van der Waals surface area contributed by atoms with E-state index in [1.54, 1.807) is 0 Å². The smallest absolute Gasteiger partial charge is 0.438 e. The van der Waals surface area contributed by atoms with Crippen molar-refractivity contribution in [1.29, 1.82) is 0 Å². The highest BCUT2D eigenvalue weighted by atomic mass is 16.6. The fraction of sp³-hybridized carbons (Fsp3) is 0.800. The first-order valence-corrected chi connectivity index (χ1v) is 7.92. The van der Waals surface area contributed by atoms with Crippen molar-refractivity contribution in [1.82, 2.24) is 9.96 Å². The van der Waals surface area contributed by atoms with Gasteiger partial charge in [0.05, 0.1) is 6.61 Å². The van der Waals surface area contributed by atoms with E-state index < -0.39 is 24.9 Å². The number of hydrogen-bond donors (Lipinski definition) is 2. The SMILES string of the molecule is [2H]C([2H])([2H])N1CCOCCCCCCCCCC(=O)N=C1N(O)C(=O)O. The molecule has 0 aromatic carbocycles. The summed E-state index contributed by atoms with van der Waals surface area (Å²) in [5.41, 5.74) is 0. The topological polar surface area (TPSA) is 103 Å². The minimum Gasteiger partial charge on any atom is -0.463 e. The van der Waals surface area contributed by atoms with E-state index in [0.717, 1.165) is 38.5 Å². The number of amides is 2. The van der Waals surface area contributed by atoms with Crippen LogP contribution in [0.3, 0.4) is 0 Å². The highest BCUT2D eigenvalue weighted by molar-refractivity contribution is 5.98. The quantitative estimate of drug-likeness (QED) is 0.521. The second-order valence-electron chi connectivity index (χ2n) is 5.39. The van der Waals surface area contributed by atoms with Crippen molar-refractivity contribution in [2.24, 2.45) is 4.99 Å². The third-order valence-corrected chi connectivity index (χ3v) is 3.48. The van der Waals surface area contributed by atoms with Crippen LogP contribution >= 0.6 is 0 Å². The van der Waals surface area contributed by atoms with Crippen LogP contribution < -0.4 is 0 Å². The van der Waals surface area contributed by atoms with Gasteiger partial charge in [0.15, 0.2) is 0 Å². The van der Waals surface area contributed by atoms with Gasteiger partial charge in [0.25, 0.3) is 0 Å². The Kier molecular flexibility index (Phi) is 7.10. The summed E-state index contributed by atoms with van der Waals surface area (Å²) in [4.78, 5) is 27.3. The molecule has 2 amide bonds. The summed E-state index contributed by atoms with van der Waals surface area (Å²) in [6, 6.07) is 0. The molecule has 23 heavy (non-hydrogen) atoms. The summed E-state index contributed by atoms with van der Waals surface area (Å²) in [5.74, 6) is -1.51.